The van der Waals surface area contributed by atoms with Crippen LogP contribution in [0.2, 0.25) is 0 Å². The molecule has 308 valence electrons. The topological polar surface area (TPSA) is 221 Å². The van der Waals surface area contributed by atoms with Crippen molar-refractivity contribution >= 4 is 40.9 Å². The zero-order valence-electron chi connectivity index (χ0n) is 32.7. The highest BCUT2D eigenvalue weighted by Crippen LogP contribution is 2.33. The number of carbonyl (C=O) groups excluding carboxylic acids is 5. The van der Waals surface area contributed by atoms with Crippen LogP contribution in [-0.4, -0.2) is 119 Å². The maximum absolute atomic E-state index is 13.6. The molecule has 0 aliphatic carbocycles. The minimum atomic E-state index is -1.01. The summed E-state index contributed by atoms with van der Waals surface area (Å²) in [6, 6.07) is 19.0. The third-order valence-electron chi connectivity index (χ3n) is 11.9. The molecule has 8 rings (SSSR count). The number of hydrogen-bond donors (Lipinski definition) is 5. The van der Waals surface area contributed by atoms with Crippen molar-refractivity contribution in [2.45, 2.75) is 44.4 Å². The Labute approximate surface area is 341 Å². The first-order valence-corrected chi connectivity index (χ1v) is 20.1. The average Bonchev–Trinajstić information content (AvgIpc) is 3.46. The van der Waals surface area contributed by atoms with E-state index in [0.717, 1.165) is 41.5 Å². The van der Waals surface area contributed by atoms with Crippen molar-refractivity contribution in [3.8, 4) is 11.5 Å². The largest absolute Gasteiger partial charge is 0.507 e. The van der Waals surface area contributed by atoms with Crippen molar-refractivity contribution in [1.82, 2.24) is 24.9 Å². The van der Waals surface area contributed by atoms with Gasteiger partial charge in [0.1, 0.15) is 29.5 Å². The number of phenolic OH excluding ortho intramolecular Hbond substituents is 1. The van der Waals surface area contributed by atoms with Gasteiger partial charge in [-0.1, -0.05) is 24.3 Å². The number of likely N-dealkylation sites (tertiary alicyclic amines) is 1. The van der Waals surface area contributed by atoms with Crippen LogP contribution in [0.1, 0.15) is 57.5 Å². The van der Waals surface area contributed by atoms with Crippen LogP contribution in [0.25, 0.3) is 5.70 Å². The van der Waals surface area contributed by atoms with Crippen molar-refractivity contribution in [3.05, 3.63) is 107 Å². The normalized spacial score (nSPS) is 20.7. The number of allylic oxidation sites excluding steroid dienone is 1. The molecular weight excluding hydrogens is 755 g/mol. The summed E-state index contributed by atoms with van der Waals surface area (Å²) in [5.41, 5.74) is 22.1. The molecule has 4 saturated heterocycles. The number of para-hydroxylation sites is 1. The molecule has 4 fully saturated rings. The molecule has 16 heteroatoms. The molecule has 59 heavy (non-hydrogen) atoms. The van der Waals surface area contributed by atoms with E-state index in [1.165, 1.54) is 0 Å². The second kappa shape index (κ2) is 16.4. The van der Waals surface area contributed by atoms with Gasteiger partial charge in [0.15, 0.2) is 0 Å². The molecule has 0 bridgehead atoms. The van der Waals surface area contributed by atoms with E-state index in [2.05, 4.69) is 27.2 Å². The van der Waals surface area contributed by atoms with Gasteiger partial charge in [-0.2, -0.15) is 0 Å². The first-order valence-electron chi connectivity index (χ1n) is 20.1. The lowest BCUT2D eigenvalue weighted by Crippen LogP contribution is -2.54. The number of phenols is 1. The molecule has 8 N–H and O–H groups in total. The number of benzene rings is 3. The first kappa shape index (κ1) is 39.3. The second-order valence-corrected chi connectivity index (χ2v) is 15.8. The number of piperazine rings is 1. The predicted octanol–water partition coefficient (Wildman–Crippen LogP) is 1.50. The lowest BCUT2D eigenvalue weighted by molar-refractivity contribution is -0.138. The van der Waals surface area contributed by atoms with Crippen molar-refractivity contribution in [2.75, 3.05) is 57.3 Å². The first-order chi connectivity index (χ1) is 28.4. The molecule has 5 heterocycles. The Kier molecular flexibility index (Phi) is 10.9. The van der Waals surface area contributed by atoms with Crippen LogP contribution < -0.4 is 32.2 Å². The number of amides is 5. The summed E-state index contributed by atoms with van der Waals surface area (Å²) in [5.74, 6) is -1.04. The van der Waals surface area contributed by atoms with E-state index >= 15 is 0 Å². The fourth-order valence-corrected chi connectivity index (χ4v) is 8.60. The summed E-state index contributed by atoms with van der Waals surface area (Å²) in [7, 11) is 0. The van der Waals surface area contributed by atoms with E-state index in [9.17, 15) is 29.1 Å². The molecule has 0 radical (unpaired) electrons. The van der Waals surface area contributed by atoms with Crippen LogP contribution in [0.5, 0.6) is 11.5 Å². The summed E-state index contributed by atoms with van der Waals surface area (Å²) < 4.78 is 6.30. The SMILES string of the molecule is NC(N)=C(/C=C(\N)c1ccccc1O)N1CC(Oc2cccc(CN3CCN(C(=O)C4CCN(c5ccc6c(c5)C(=O)N(C5CCC(=O)NC5=O)C6=O)CC4)CC3)c2)C1. The van der Waals surface area contributed by atoms with Gasteiger partial charge >= 0.3 is 0 Å². The summed E-state index contributed by atoms with van der Waals surface area (Å²) in [5, 5.41) is 12.4. The van der Waals surface area contributed by atoms with Gasteiger partial charge in [0.2, 0.25) is 17.7 Å². The summed E-state index contributed by atoms with van der Waals surface area (Å²) >= 11 is 0. The van der Waals surface area contributed by atoms with Crippen LogP contribution in [-0.2, 0) is 20.9 Å². The van der Waals surface area contributed by atoms with Gasteiger partial charge in [-0.05, 0) is 73.4 Å². The number of nitrogens with two attached hydrogens (primary N) is 3. The van der Waals surface area contributed by atoms with Crippen LogP contribution in [0, 0.1) is 5.92 Å². The number of nitrogens with one attached hydrogen (secondary N) is 1. The Hall–Kier alpha value is -6.55. The van der Waals surface area contributed by atoms with E-state index in [0.29, 0.717) is 69.1 Å². The molecular formula is C43H49N9O7. The maximum atomic E-state index is 13.6. The molecule has 16 nitrogen and oxygen atoms in total. The van der Waals surface area contributed by atoms with Crippen LogP contribution in [0.3, 0.4) is 0 Å². The Bertz CT molecular complexity index is 2230. The minimum Gasteiger partial charge on any atom is -0.507 e. The number of imide groups is 2. The van der Waals surface area contributed by atoms with Crippen LogP contribution >= 0.6 is 0 Å². The smallest absolute Gasteiger partial charge is 0.262 e. The Morgan fingerprint density at radius 3 is 2.25 bits per heavy atom. The van der Waals surface area contributed by atoms with Crippen molar-refractivity contribution in [3.63, 3.8) is 0 Å². The maximum Gasteiger partial charge on any atom is 0.262 e. The van der Waals surface area contributed by atoms with Crippen molar-refractivity contribution < 1.29 is 33.8 Å². The second-order valence-electron chi connectivity index (χ2n) is 15.8. The van der Waals surface area contributed by atoms with Gasteiger partial charge in [0.25, 0.3) is 11.8 Å². The van der Waals surface area contributed by atoms with E-state index in [1.54, 1.807) is 42.5 Å². The van der Waals surface area contributed by atoms with E-state index in [1.807, 2.05) is 28.0 Å². The van der Waals surface area contributed by atoms with Gasteiger partial charge in [-0.25, -0.2) is 0 Å². The number of anilines is 1. The zero-order chi connectivity index (χ0) is 41.4. The molecule has 0 aromatic heterocycles. The number of ether oxygens (including phenoxy) is 1. The summed E-state index contributed by atoms with van der Waals surface area (Å²) in [6.07, 6.45) is 3.14. The van der Waals surface area contributed by atoms with Gasteiger partial charge in [0, 0.05) is 75.1 Å². The van der Waals surface area contributed by atoms with Crippen LogP contribution in [0.15, 0.2) is 84.3 Å². The monoisotopic (exact) mass is 803 g/mol. The van der Waals surface area contributed by atoms with Crippen molar-refractivity contribution in [2.24, 2.45) is 23.1 Å². The standard InChI is InChI=1S/C43H49N9O7/c44-34(32-6-1-2-7-37(32)53)22-36(39(45)46)51-24-30(25-51)59-29-5-3-4-26(20-29)23-48-16-18-50(19-17-48)41(56)27-12-14-49(15-13-27)28-8-9-31-33(21-28)43(58)52(42(31)57)35-10-11-38(54)47-40(35)55/h1-9,20-22,27,30,35,53H,10-19,23-25,44-46H2,(H,47,54,55)/b34-22-. The number of fused-ring (bicyclic) bond motifs is 1. The molecule has 1 atom stereocenters. The lowest BCUT2D eigenvalue weighted by Gasteiger charge is -2.41. The summed E-state index contributed by atoms with van der Waals surface area (Å²) in [6.45, 7) is 5.98. The summed E-state index contributed by atoms with van der Waals surface area (Å²) in [4.78, 5) is 73.6. The number of rotatable bonds is 10. The molecule has 3 aromatic rings. The van der Waals surface area contributed by atoms with Gasteiger partial charge in [0.05, 0.1) is 29.9 Å². The zero-order valence-corrected chi connectivity index (χ0v) is 32.7. The molecule has 1 unspecified atom stereocenters. The number of piperidine rings is 2. The highest BCUT2D eigenvalue weighted by atomic mass is 16.5. The fraction of sp³-hybridized carbons (Fsp3) is 0.372. The fourth-order valence-electron chi connectivity index (χ4n) is 8.60. The number of hydrogen-bond acceptors (Lipinski definition) is 13. The third-order valence-corrected chi connectivity index (χ3v) is 11.9. The Morgan fingerprint density at radius 2 is 1.54 bits per heavy atom. The minimum absolute atomic E-state index is 0.0676. The van der Waals surface area contributed by atoms with Gasteiger partial charge in [-0.3, -0.25) is 39.1 Å². The Morgan fingerprint density at radius 1 is 0.814 bits per heavy atom. The van der Waals surface area contributed by atoms with E-state index in [4.69, 9.17) is 21.9 Å². The molecule has 0 saturated carbocycles. The van der Waals surface area contributed by atoms with E-state index < -0.39 is 29.7 Å². The number of carbonyl (C=O) groups is 5. The number of nitrogens with zero attached hydrogens (tertiary/aromatic N) is 5. The van der Waals surface area contributed by atoms with Gasteiger partial charge in [-0.15, -0.1) is 0 Å². The average molecular weight is 804 g/mol. The number of aromatic hydroxyl groups is 1. The quantitative estimate of drug-likeness (QED) is 0.145. The molecule has 5 aliphatic heterocycles. The lowest BCUT2D eigenvalue weighted by atomic mass is 9.94. The van der Waals surface area contributed by atoms with E-state index in [-0.39, 0.29) is 53.5 Å². The molecule has 5 amide bonds. The predicted molar refractivity (Wildman–Crippen MR) is 218 cm³/mol. The Balaban J connectivity index is 0.784. The van der Waals surface area contributed by atoms with Crippen molar-refractivity contribution in [1.29, 1.82) is 0 Å². The highest BCUT2D eigenvalue weighted by Gasteiger charge is 2.45. The van der Waals surface area contributed by atoms with Crippen LogP contribution in [0.4, 0.5) is 5.69 Å². The molecule has 0 spiro atoms. The highest BCUT2D eigenvalue weighted by molar-refractivity contribution is 6.23. The van der Waals surface area contributed by atoms with Gasteiger partial charge < -0.3 is 41.7 Å². The molecule has 5 aliphatic rings. The third kappa shape index (κ3) is 8.12. The molecule has 3 aromatic carbocycles.